The number of aryl methyl sites for hydroxylation is 1. The minimum Gasteiger partial charge on any atom is -0.506 e. The van der Waals surface area contributed by atoms with Crippen LogP contribution in [0.15, 0.2) is 63.7 Å². The summed E-state index contributed by atoms with van der Waals surface area (Å²) in [5, 5.41) is 16.4. The molecule has 1 aliphatic rings. The normalized spacial score (nSPS) is 14.8. The van der Waals surface area contributed by atoms with E-state index in [1.54, 1.807) is 62.5 Å². The number of H-pyrrole nitrogens is 2. The highest BCUT2D eigenvalue weighted by Crippen LogP contribution is 2.35. The Hall–Kier alpha value is -4.66. The SMILES string of the molecule is CCN1C(=O)C(=Cc2c(-c3c(O)c4ccccc4n(C)c3=O)[nH][nH]c2=O)C(=O)c2ccccc21. The van der Waals surface area contributed by atoms with Gasteiger partial charge in [0.05, 0.1) is 28.0 Å². The lowest BCUT2D eigenvalue weighted by Gasteiger charge is -2.28. The van der Waals surface area contributed by atoms with Gasteiger partial charge in [-0.2, -0.15) is 0 Å². The second-order valence-electron chi connectivity index (χ2n) is 7.93. The molecule has 0 aliphatic carbocycles. The zero-order valence-corrected chi connectivity index (χ0v) is 18.4. The number of carbonyl (C=O) groups excluding carboxylic acids is 2. The second kappa shape index (κ2) is 7.73. The summed E-state index contributed by atoms with van der Waals surface area (Å²) in [6, 6.07) is 13.6. The van der Waals surface area contributed by atoms with Crippen LogP contribution in [0.4, 0.5) is 5.69 Å². The summed E-state index contributed by atoms with van der Waals surface area (Å²) in [5.41, 5.74) is -0.293. The van der Waals surface area contributed by atoms with E-state index in [-0.39, 0.29) is 28.1 Å². The molecule has 9 heteroatoms. The van der Waals surface area contributed by atoms with Crippen LogP contribution in [0.25, 0.3) is 28.2 Å². The molecule has 0 spiro atoms. The molecule has 3 heterocycles. The van der Waals surface area contributed by atoms with Gasteiger partial charge in [0.1, 0.15) is 11.3 Å². The third-order valence-corrected chi connectivity index (χ3v) is 6.11. The molecule has 1 aliphatic heterocycles. The monoisotopic (exact) mass is 456 g/mol. The van der Waals surface area contributed by atoms with Crippen LogP contribution in [0.1, 0.15) is 22.8 Å². The fourth-order valence-electron chi connectivity index (χ4n) is 4.39. The number of hydrogen-bond acceptors (Lipinski definition) is 5. The number of rotatable bonds is 3. The summed E-state index contributed by atoms with van der Waals surface area (Å²) in [7, 11) is 1.56. The van der Waals surface area contributed by atoms with Crippen molar-refractivity contribution in [2.75, 3.05) is 11.4 Å². The highest BCUT2D eigenvalue weighted by atomic mass is 16.3. The zero-order chi connectivity index (χ0) is 24.1. The van der Waals surface area contributed by atoms with Crippen LogP contribution < -0.4 is 16.0 Å². The molecular formula is C25H20N4O5. The van der Waals surface area contributed by atoms with Crippen LogP contribution in [0.5, 0.6) is 5.75 Å². The standard InChI is InChI=1S/C25H20N4O5/c1-3-29-18-11-7-5-9-14(18)21(30)16(24(29)33)12-15-20(26-27-23(15)32)19-22(31)13-8-4-6-10-17(13)28(2)25(19)34/h4-12,31H,3H2,1-2H3,(H2,26,27,32). The average Bonchev–Trinajstić information content (AvgIpc) is 3.20. The molecule has 0 unspecified atom stereocenters. The highest BCUT2D eigenvalue weighted by Gasteiger charge is 2.34. The summed E-state index contributed by atoms with van der Waals surface area (Å²) < 4.78 is 1.36. The van der Waals surface area contributed by atoms with Crippen molar-refractivity contribution in [3.05, 3.63) is 85.9 Å². The Morgan fingerprint density at radius 2 is 1.68 bits per heavy atom. The number of nitrogens with zero attached hydrogens (tertiary/aromatic N) is 2. The summed E-state index contributed by atoms with van der Waals surface area (Å²) in [6.45, 7) is 2.11. The van der Waals surface area contributed by atoms with Gasteiger partial charge in [0.25, 0.3) is 17.0 Å². The minimum absolute atomic E-state index is 0.0103. The van der Waals surface area contributed by atoms with E-state index in [0.717, 1.165) is 0 Å². The van der Waals surface area contributed by atoms with Gasteiger partial charge in [-0.25, -0.2) is 0 Å². The fraction of sp³-hybridized carbons (Fsp3) is 0.120. The molecule has 0 saturated heterocycles. The van der Waals surface area contributed by atoms with Crippen LogP contribution in [0, 0.1) is 0 Å². The van der Waals surface area contributed by atoms with Crippen LogP contribution in [-0.2, 0) is 11.8 Å². The molecule has 3 N–H and O–H groups in total. The molecule has 0 radical (unpaired) electrons. The van der Waals surface area contributed by atoms with E-state index in [4.69, 9.17) is 0 Å². The van der Waals surface area contributed by atoms with Crippen molar-refractivity contribution in [3.63, 3.8) is 0 Å². The number of nitrogens with one attached hydrogen (secondary N) is 2. The number of pyridine rings is 1. The maximum atomic E-state index is 13.2. The lowest BCUT2D eigenvalue weighted by Crippen LogP contribution is -2.39. The van der Waals surface area contributed by atoms with Gasteiger partial charge in [-0.3, -0.25) is 29.4 Å². The molecule has 2 aromatic carbocycles. The highest BCUT2D eigenvalue weighted by molar-refractivity contribution is 6.36. The maximum absolute atomic E-state index is 13.2. The number of hydrogen-bond donors (Lipinski definition) is 3. The van der Waals surface area contributed by atoms with Gasteiger partial charge in [-0.1, -0.05) is 24.3 Å². The first kappa shape index (κ1) is 21.2. The maximum Gasteiger partial charge on any atom is 0.271 e. The molecule has 0 saturated carbocycles. The van der Waals surface area contributed by atoms with Crippen molar-refractivity contribution in [2.45, 2.75) is 6.92 Å². The first-order chi connectivity index (χ1) is 16.3. The smallest absolute Gasteiger partial charge is 0.271 e. The quantitative estimate of drug-likeness (QED) is 0.322. The molecule has 0 atom stereocenters. The molecule has 5 rings (SSSR count). The number of fused-ring (bicyclic) bond motifs is 2. The molecular weight excluding hydrogens is 436 g/mol. The number of para-hydroxylation sites is 2. The predicted molar refractivity (Wildman–Crippen MR) is 128 cm³/mol. The van der Waals surface area contributed by atoms with Gasteiger partial charge in [0, 0.05) is 24.5 Å². The van der Waals surface area contributed by atoms with E-state index in [1.807, 2.05) is 0 Å². The van der Waals surface area contributed by atoms with Crippen LogP contribution in [0.2, 0.25) is 0 Å². The van der Waals surface area contributed by atoms with Gasteiger partial charge in [-0.05, 0) is 37.3 Å². The van der Waals surface area contributed by atoms with Crippen LogP contribution >= 0.6 is 0 Å². The largest absolute Gasteiger partial charge is 0.506 e. The Morgan fingerprint density at radius 1 is 0.971 bits per heavy atom. The molecule has 1 amide bonds. The molecule has 0 fully saturated rings. The van der Waals surface area contributed by atoms with Crippen molar-refractivity contribution in [1.82, 2.24) is 14.8 Å². The number of carbonyl (C=O) groups is 2. The number of aromatic nitrogens is 3. The van der Waals surface area contributed by atoms with Gasteiger partial charge < -0.3 is 14.6 Å². The summed E-state index contributed by atoms with van der Waals surface area (Å²) in [6.07, 6.45) is 1.18. The Labute approximate surface area is 192 Å². The lowest BCUT2D eigenvalue weighted by molar-refractivity contribution is -0.114. The first-order valence-corrected chi connectivity index (χ1v) is 10.6. The average molecular weight is 456 g/mol. The number of amides is 1. The number of ketones is 1. The third kappa shape index (κ3) is 2.94. The molecule has 2 aromatic heterocycles. The van der Waals surface area contributed by atoms with Gasteiger partial charge in [0.2, 0.25) is 5.78 Å². The Morgan fingerprint density at radius 3 is 2.44 bits per heavy atom. The number of aromatic hydroxyl groups is 1. The number of benzene rings is 2. The molecule has 0 bridgehead atoms. The summed E-state index contributed by atoms with van der Waals surface area (Å²) >= 11 is 0. The Bertz CT molecular complexity index is 1650. The first-order valence-electron chi connectivity index (χ1n) is 10.6. The number of Topliss-reactive ketones (excluding diaryl/α,β-unsaturated/α-hetero) is 1. The summed E-state index contributed by atoms with van der Waals surface area (Å²) in [5.74, 6) is -1.38. The number of anilines is 1. The lowest BCUT2D eigenvalue weighted by atomic mass is 9.93. The third-order valence-electron chi connectivity index (χ3n) is 6.11. The van der Waals surface area contributed by atoms with Gasteiger partial charge >= 0.3 is 0 Å². The van der Waals surface area contributed by atoms with Crippen LogP contribution in [-0.4, -0.2) is 38.1 Å². The van der Waals surface area contributed by atoms with Crippen molar-refractivity contribution < 1.29 is 14.7 Å². The molecule has 9 nitrogen and oxygen atoms in total. The number of aromatic amines is 2. The Kier molecular flexibility index (Phi) is 4.82. The van der Waals surface area contributed by atoms with E-state index in [2.05, 4.69) is 10.2 Å². The molecule has 4 aromatic rings. The van der Waals surface area contributed by atoms with Crippen molar-refractivity contribution in [3.8, 4) is 17.0 Å². The minimum atomic E-state index is -0.639. The van der Waals surface area contributed by atoms with E-state index < -0.39 is 22.8 Å². The number of likely N-dealkylation sites (N-methyl/N-ethyl adjacent to an activating group) is 1. The van der Waals surface area contributed by atoms with Crippen molar-refractivity contribution in [1.29, 1.82) is 0 Å². The second-order valence-corrected chi connectivity index (χ2v) is 7.93. The van der Waals surface area contributed by atoms with Gasteiger partial charge in [-0.15, -0.1) is 0 Å². The van der Waals surface area contributed by atoms with Crippen molar-refractivity contribution in [2.24, 2.45) is 7.05 Å². The van der Waals surface area contributed by atoms with E-state index in [9.17, 15) is 24.3 Å². The molecule has 170 valence electrons. The summed E-state index contributed by atoms with van der Waals surface area (Å²) in [4.78, 5) is 53.7. The Balaban J connectivity index is 1.76. The van der Waals surface area contributed by atoms with Crippen LogP contribution in [0.3, 0.4) is 0 Å². The van der Waals surface area contributed by atoms with E-state index in [1.165, 1.54) is 15.5 Å². The van der Waals surface area contributed by atoms with Gasteiger partial charge in [0.15, 0.2) is 0 Å². The van der Waals surface area contributed by atoms with Crippen molar-refractivity contribution >= 4 is 34.4 Å². The predicted octanol–water partition coefficient (Wildman–Crippen LogP) is 2.56. The zero-order valence-electron chi connectivity index (χ0n) is 18.4. The molecule has 34 heavy (non-hydrogen) atoms. The van der Waals surface area contributed by atoms with E-state index in [0.29, 0.717) is 28.7 Å². The fourth-order valence-corrected chi connectivity index (χ4v) is 4.39. The topological polar surface area (TPSA) is 128 Å². The van der Waals surface area contributed by atoms with E-state index >= 15 is 0 Å².